The van der Waals surface area contributed by atoms with E-state index in [4.69, 9.17) is 18.9 Å². The van der Waals surface area contributed by atoms with Gasteiger partial charge in [0.2, 0.25) is 5.91 Å². The molecule has 526 valence electrons. The third kappa shape index (κ3) is 44.3. The van der Waals surface area contributed by atoms with E-state index in [0.717, 1.165) is 96.3 Å². The summed E-state index contributed by atoms with van der Waals surface area (Å²) < 4.78 is 22.9. The first-order valence-corrected chi connectivity index (χ1v) is 37.0. The summed E-state index contributed by atoms with van der Waals surface area (Å²) >= 11 is 0. The molecule has 2 aliphatic heterocycles. The summed E-state index contributed by atoms with van der Waals surface area (Å²) in [6.45, 7) is 2.70. The van der Waals surface area contributed by atoms with Gasteiger partial charge in [0, 0.05) is 6.42 Å². The number of nitrogens with one attached hydrogen (secondary N) is 1. The molecule has 2 saturated heterocycles. The van der Waals surface area contributed by atoms with Crippen LogP contribution in [0.1, 0.15) is 290 Å². The van der Waals surface area contributed by atoms with Gasteiger partial charge in [-0.25, -0.2) is 0 Å². The van der Waals surface area contributed by atoms with E-state index in [2.05, 4.69) is 104 Å². The Morgan fingerprint density at radius 3 is 1.16 bits per heavy atom. The van der Waals surface area contributed by atoms with E-state index >= 15 is 0 Å². The first kappa shape index (κ1) is 84.0. The van der Waals surface area contributed by atoms with Crippen LogP contribution in [0, 0.1) is 0 Å². The van der Waals surface area contributed by atoms with Gasteiger partial charge in [-0.2, -0.15) is 0 Å². The standard InChI is InChI=1S/C77H135NO13/c1-3-5-7-9-11-13-15-17-19-21-23-25-27-29-31-32-33-35-36-38-40-42-44-46-48-50-52-54-56-58-60-66(81)65(64-88-76-74(87)72(85)75(68(63-80)90-76)91-77-73(86)71(84)70(83)67(62-79)89-77)78-69(82)61-59-57-55-53-51-49-47-45-43-41-39-37-34-30-28-26-24-22-20-18-16-14-12-10-8-6-4-2/h6,8,12,14,18,20,24,26,30,34,39,41,45,47,58,60,65-68,70-77,79-81,83-87H,3-5,7,9-11,13,15-17,19,21-23,25,27-29,31-33,35-38,40,42-44,46,48-57,59,61-64H2,1-2H3,(H,78,82)/b8-6-,14-12-,20-18-,26-24-,34-30-,41-39-,47-45-,60-58+. The molecular formula is C77H135NO13. The maximum Gasteiger partial charge on any atom is 0.220 e. The van der Waals surface area contributed by atoms with Crippen molar-refractivity contribution in [3.63, 3.8) is 0 Å². The lowest BCUT2D eigenvalue weighted by Gasteiger charge is -2.46. The van der Waals surface area contributed by atoms with Crippen molar-refractivity contribution in [3.05, 3.63) is 97.2 Å². The number of aliphatic hydroxyl groups is 8. The lowest BCUT2D eigenvalue weighted by atomic mass is 9.97. The van der Waals surface area contributed by atoms with Crippen molar-refractivity contribution in [2.75, 3.05) is 19.8 Å². The van der Waals surface area contributed by atoms with Crippen LogP contribution in [0.15, 0.2) is 97.2 Å². The van der Waals surface area contributed by atoms with Crippen molar-refractivity contribution in [2.24, 2.45) is 0 Å². The van der Waals surface area contributed by atoms with Gasteiger partial charge in [0.05, 0.1) is 32.0 Å². The van der Waals surface area contributed by atoms with Gasteiger partial charge in [-0.05, 0) is 77.0 Å². The number of carbonyl (C=O) groups excluding carboxylic acids is 1. The molecule has 0 radical (unpaired) electrons. The van der Waals surface area contributed by atoms with Gasteiger partial charge in [0.15, 0.2) is 12.6 Å². The zero-order chi connectivity index (χ0) is 65.9. The van der Waals surface area contributed by atoms with Crippen molar-refractivity contribution >= 4 is 5.91 Å². The number of carbonyl (C=O) groups is 1. The van der Waals surface area contributed by atoms with Crippen LogP contribution in [0.4, 0.5) is 0 Å². The minimum absolute atomic E-state index is 0.253. The molecule has 2 aliphatic rings. The maximum atomic E-state index is 13.3. The molecule has 12 unspecified atom stereocenters. The van der Waals surface area contributed by atoms with E-state index in [1.165, 1.54) is 167 Å². The molecule has 0 bridgehead atoms. The fraction of sp³-hybridized carbons (Fsp3) is 0.779. The Balaban J connectivity index is 1.68. The van der Waals surface area contributed by atoms with Gasteiger partial charge >= 0.3 is 0 Å². The molecule has 0 saturated carbocycles. The van der Waals surface area contributed by atoms with Crippen molar-refractivity contribution < 1.29 is 64.6 Å². The molecule has 9 N–H and O–H groups in total. The molecule has 0 aromatic rings. The molecule has 0 aromatic carbocycles. The summed E-state index contributed by atoms with van der Waals surface area (Å²) in [4.78, 5) is 13.3. The fourth-order valence-electron chi connectivity index (χ4n) is 11.7. The number of allylic oxidation sites excluding steroid dienone is 15. The third-order valence-corrected chi connectivity index (χ3v) is 17.5. The molecule has 2 rings (SSSR count). The lowest BCUT2D eigenvalue weighted by Crippen LogP contribution is -2.65. The fourth-order valence-corrected chi connectivity index (χ4v) is 11.7. The summed E-state index contributed by atoms with van der Waals surface area (Å²) in [5, 5.41) is 87.5. The highest BCUT2D eigenvalue weighted by Crippen LogP contribution is 2.30. The smallest absolute Gasteiger partial charge is 0.220 e. The van der Waals surface area contributed by atoms with Gasteiger partial charge in [0.1, 0.15) is 48.8 Å². The van der Waals surface area contributed by atoms with Crippen molar-refractivity contribution in [1.82, 2.24) is 5.32 Å². The minimum Gasteiger partial charge on any atom is -0.394 e. The van der Waals surface area contributed by atoms with Crippen LogP contribution in [-0.2, 0) is 23.7 Å². The van der Waals surface area contributed by atoms with Gasteiger partial charge in [-0.15, -0.1) is 0 Å². The summed E-state index contributed by atoms with van der Waals surface area (Å²) in [5.74, 6) is -0.259. The Kier molecular flexibility index (Phi) is 55.9. The molecule has 1 amide bonds. The minimum atomic E-state index is -1.80. The molecular weight excluding hydrogens is 1150 g/mol. The normalized spacial score (nSPS) is 23.4. The maximum absolute atomic E-state index is 13.3. The quantitative estimate of drug-likeness (QED) is 0.0204. The molecule has 2 fully saturated rings. The Morgan fingerprint density at radius 2 is 0.758 bits per heavy atom. The van der Waals surface area contributed by atoms with Crippen LogP contribution in [0.3, 0.4) is 0 Å². The van der Waals surface area contributed by atoms with E-state index in [0.29, 0.717) is 6.42 Å². The van der Waals surface area contributed by atoms with Crippen molar-refractivity contribution in [2.45, 2.75) is 364 Å². The Bertz CT molecular complexity index is 1900. The number of ether oxygens (including phenoxy) is 4. The summed E-state index contributed by atoms with van der Waals surface area (Å²) in [7, 11) is 0. The lowest BCUT2D eigenvalue weighted by molar-refractivity contribution is -0.359. The first-order valence-electron chi connectivity index (χ1n) is 37.0. The zero-order valence-corrected chi connectivity index (χ0v) is 57.3. The predicted octanol–water partition coefficient (Wildman–Crippen LogP) is 15.7. The predicted molar refractivity (Wildman–Crippen MR) is 373 cm³/mol. The molecule has 91 heavy (non-hydrogen) atoms. The second kappa shape index (κ2) is 60.6. The highest BCUT2D eigenvalue weighted by molar-refractivity contribution is 5.76. The topological polar surface area (TPSA) is 228 Å². The molecule has 14 heteroatoms. The van der Waals surface area contributed by atoms with Crippen LogP contribution >= 0.6 is 0 Å². The monoisotopic (exact) mass is 1280 g/mol. The van der Waals surface area contributed by atoms with Crippen LogP contribution < -0.4 is 5.32 Å². The number of unbranched alkanes of at least 4 members (excludes halogenated alkanes) is 33. The summed E-state index contributed by atoms with van der Waals surface area (Å²) in [6, 6.07) is -0.935. The highest BCUT2D eigenvalue weighted by Gasteiger charge is 2.51. The van der Waals surface area contributed by atoms with Gasteiger partial charge in [-0.1, -0.05) is 304 Å². The molecule has 14 nitrogen and oxygen atoms in total. The van der Waals surface area contributed by atoms with Gasteiger partial charge < -0.3 is 65.1 Å². The molecule has 0 aliphatic carbocycles. The van der Waals surface area contributed by atoms with Crippen LogP contribution in [0.2, 0.25) is 0 Å². The highest BCUT2D eigenvalue weighted by atomic mass is 16.7. The van der Waals surface area contributed by atoms with E-state index in [9.17, 15) is 45.6 Å². The molecule has 2 heterocycles. The number of aliphatic hydroxyl groups excluding tert-OH is 8. The number of amides is 1. The van der Waals surface area contributed by atoms with Crippen molar-refractivity contribution in [3.8, 4) is 0 Å². The number of hydrogen-bond acceptors (Lipinski definition) is 13. The van der Waals surface area contributed by atoms with Crippen molar-refractivity contribution in [1.29, 1.82) is 0 Å². The first-order chi connectivity index (χ1) is 44.6. The van der Waals surface area contributed by atoms with E-state index < -0.39 is 86.8 Å². The van der Waals surface area contributed by atoms with Crippen LogP contribution in [-0.4, -0.2) is 140 Å². The van der Waals surface area contributed by atoms with E-state index in [-0.39, 0.29) is 18.9 Å². The van der Waals surface area contributed by atoms with Crippen LogP contribution in [0.5, 0.6) is 0 Å². The second-order valence-corrected chi connectivity index (χ2v) is 25.7. The number of rotatable bonds is 60. The second-order valence-electron chi connectivity index (χ2n) is 25.7. The average molecular weight is 1280 g/mol. The zero-order valence-electron chi connectivity index (χ0n) is 57.3. The molecule has 0 spiro atoms. The van der Waals surface area contributed by atoms with E-state index in [1.807, 2.05) is 6.08 Å². The van der Waals surface area contributed by atoms with Gasteiger partial charge in [-0.3, -0.25) is 4.79 Å². The Morgan fingerprint density at radius 1 is 0.407 bits per heavy atom. The Labute approximate surface area is 553 Å². The summed E-state index contributed by atoms with van der Waals surface area (Å²) in [5.41, 5.74) is 0. The molecule has 0 aromatic heterocycles. The third-order valence-electron chi connectivity index (χ3n) is 17.5. The SMILES string of the molecule is CC/C=C\C/C=C\C/C=C\C/C=C\C/C=C\C/C=C\C/C=C\CCCCCCCC(=O)NC(COC1OC(CO)C(OC2OC(CO)C(O)C(O)C2O)C(O)C1O)C(O)/C=C/CCCCCCCCCCCCCCCCCCCCCCCCCCCCCC. The molecule has 12 atom stereocenters. The average Bonchev–Trinajstić information content (AvgIpc) is 1.07. The van der Waals surface area contributed by atoms with Gasteiger partial charge in [0.25, 0.3) is 0 Å². The van der Waals surface area contributed by atoms with E-state index in [1.54, 1.807) is 6.08 Å². The summed E-state index contributed by atoms with van der Waals surface area (Å²) in [6.07, 6.45) is 68.9. The number of hydrogen-bond donors (Lipinski definition) is 9. The largest absolute Gasteiger partial charge is 0.394 e. The Hall–Kier alpha value is -3.09. The van der Waals surface area contributed by atoms with Crippen LogP contribution in [0.25, 0.3) is 0 Å².